The van der Waals surface area contributed by atoms with Gasteiger partial charge < -0.3 is 15.2 Å². The number of aliphatic carboxylic acids is 1. The van der Waals surface area contributed by atoms with Gasteiger partial charge in [-0.2, -0.15) is 5.10 Å². The maximum Gasteiger partial charge on any atom is 0.411 e. The van der Waals surface area contributed by atoms with Crippen molar-refractivity contribution in [3.05, 3.63) is 72.1 Å². The van der Waals surface area contributed by atoms with Crippen molar-refractivity contribution in [1.29, 1.82) is 0 Å². The quantitative estimate of drug-likeness (QED) is 0.480. The van der Waals surface area contributed by atoms with Crippen LogP contribution in [0.25, 0.3) is 11.1 Å². The molecule has 0 spiro atoms. The molecule has 1 aromatic heterocycles. The molecule has 5 rings (SSSR count). The zero-order chi connectivity index (χ0) is 24.8. The molecule has 0 atom stereocenters. The van der Waals surface area contributed by atoms with Crippen LogP contribution in [0.5, 0.6) is 0 Å². The van der Waals surface area contributed by atoms with Crippen LogP contribution in [0.3, 0.4) is 0 Å². The van der Waals surface area contributed by atoms with Crippen LogP contribution in [0.4, 0.5) is 10.5 Å². The molecule has 35 heavy (non-hydrogen) atoms. The van der Waals surface area contributed by atoms with E-state index in [0.29, 0.717) is 18.5 Å². The fraction of sp³-hybridized carbons (Fsp3) is 0.308. The summed E-state index contributed by atoms with van der Waals surface area (Å²) < 4.78 is 6.94. The molecule has 0 bridgehead atoms. The molecule has 0 saturated heterocycles. The predicted octanol–water partition coefficient (Wildman–Crippen LogP) is 3.71. The first-order valence-electron chi connectivity index (χ1n) is 11.4. The number of ether oxygens (including phenoxy) is 1. The van der Waals surface area contributed by atoms with E-state index in [1.165, 1.54) is 17.1 Å². The highest BCUT2D eigenvalue weighted by Crippen LogP contribution is 2.44. The molecule has 2 aromatic carbocycles. The van der Waals surface area contributed by atoms with Gasteiger partial charge in [0.05, 0.1) is 11.9 Å². The molecular formula is C26H26N4O5. The van der Waals surface area contributed by atoms with E-state index in [1.54, 1.807) is 13.8 Å². The van der Waals surface area contributed by atoms with Gasteiger partial charge in [-0.25, -0.2) is 9.59 Å². The second-order valence-corrected chi connectivity index (χ2v) is 9.52. The van der Waals surface area contributed by atoms with Crippen molar-refractivity contribution in [1.82, 2.24) is 15.1 Å². The molecule has 1 heterocycles. The Morgan fingerprint density at radius 3 is 2.26 bits per heavy atom. The van der Waals surface area contributed by atoms with Crippen molar-refractivity contribution in [2.24, 2.45) is 0 Å². The van der Waals surface area contributed by atoms with E-state index < -0.39 is 29.0 Å². The first kappa shape index (κ1) is 22.6. The van der Waals surface area contributed by atoms with Crippen LogP contribution in [0.1, 0.15) is 43.7 Å². The Labute approximate surface area is 202 Å². The Morgan fingerprint density at radius 2 is 1.69 bits per heavy atom. The van der Waals surface area contributed by atoms with E-state index in [0.717, 1.165) is 22.3 Å². The van der Waals surface area contributed by atoms with Gasteiger partial charge in [-0.1, -0.05) is 48.5 Å². The monoisotopic (exact) mass is 474 g/mol. The molecule has 9 heteroatoms. The Hall–Kier alpha value is -4.14. The molecule has 2 aliphatic carbocycles. The normalized spacial score (nSPS) is 15.6. The molecule has 1 fully saturated rings. The summed E-state index contributed by atoms with van der Waals surface area (Å²) in [5, 5.41) is 18.8. The standard InChI is InChI=1S/C26H26N4O5/c1-25(2,22(31)29-26(11-12-26)23(32)33)30-14-16(13-27-30)28-24(34)35-15-21-19-9-5-3-7-17(19)18-8-4-6-10-20(18)21/h3-10,13-14,21H,11-12,15H2,1-2H3,(H,28,34)(H,29,31)(H,32,33). The summed E-state index contributed by atoms with van der Waals surface area (Å²) in [7, 11) is 0. The van der Waals surface area contributed by atoms with Crippen molar-refractivity contribution in [3.8, 4) is 11.1 Å². The van der Waals surface area contributed by atoms with Crippen molar-refractivity contribution in [2.45, 2.75) is 43.7 Å². The zero-order valence-corrected chi connectivity index (χ0v) is 19.4. The average molecular weight is 475 g/mol. The molecule has 2 aliphatic rings. The first-order valence-corrected chi connectivity index (χ1v) is 11.4. The number of amides is 2. The van der Waals surface area contributed by atoms with Crippen LogP contribution in [0.2, 0.25) is 0 Å². The first-order chi connectivity index (χ1) is 16.7. The molecule has 0 aliphatic heterocycles. The third-order valence-electron chi connectivity index (χ3n) is 6.81. The highest BCUT2D eigenvalue weighted by atomic mass is 16.5. The lowest BCUT2D eigenvalue weighted by Gasteiger charge is -2.26. The summed E-state index contributed by atoms with van der Waals surface area (Å²) >= 11 is 0. The SMILES string of the molecule is CC(C)(C(=O)NC1(C(=O)O)CC1)n1cc(NC(=O)OCC2c3ccccc3-c3ccccc32)cn1. The van der Waals surface area contributed by atoms with Crippen LogP contribution >= 0.6 is 0 Å². The lowest BCUT2D eigenvalue weighted by atomic mass is 9.98. The zero-order valence-electron chi connectivity index (χ0n) is 19.4. The van der Waals surface area contributed by atoms with Crippen molar-refractivity contribution < 1.29 is 24.2 Å². The molecule has 0 unspecified atom stereocenters. The van der Waals surface area contributed by atoms with Crippen molar-refractivity contribution in [3.63, 3.8) is 0 Å². The number of nitrogens with zero attached hydrogens (tertiary/aromatic N) is 2. The smallest absolute Gasteiger partial charge is 0.411 e. The largest absolute Gasteiger partial charge is 0.480 e. The number of anilines is 1. The van der Waals surface area contributed by atoms with E-state index in [4.69, 9.17) is 4.74 Å². The number of carboxylic acid groups (broad SMARTS) is 1. The van der Waals surface area contributed by atoms with Gasteiger partial charge in [-0.05, 0) is 48.9 Å². The minimum absolute atomic E-state index is 0.0533. The Balaban J connectivity index is 1.22. The Bertz CT molecular complexity index is 1280. The lowest BCUT2D eigenvalue weighted by molar-refractivity contribution is -0.144. The summed E-state index contributed by atoms with van der Waals surface area (Å²) in [4.78, 5) is 36.7. The molecule has 3 aromatic rings. The van der Waals surface area contributed by atoms with Gasteiger partial charge in [-0.3, -0.25) is 14.8 Å². The van der Waals surface area contributed by atoms with Gasteiger partial charge in [0.15, 0.2) is 0 Å². The molecule has 9 nitrogen and oxygen atoms in total. The summed E-state index contributed by atoms with van der Waals surface area (Å²) in [5.74, 6) is -1.56. The Kier molecular flexibility index (Phi) is 5.35. The van der Waals surface area contributed by atoms with Gasteiger partial charge in [0.25, 0.3) is 0 Å². The average Bonchev–Trinajstić information content (AvgIpc) is 3.35. The third kappa shape index (κ3) is 4.03. The van der Waals surface area contributed by atoms with Gasteiger partial charge in [0.1, 0.15) is 17.7 Å². The lowest BCUT2D eigenvalue weighted by Crippen LogP contribution is -2.52. The number of carbonyl (C=O) groups excluding carboxylic acids is 2. The molecule has 0 radical (unpaired) electrons. The van der Waals surface area contributed by atoms with E-state index in [2.05, 4.69) is 40.0 Å². The second kappa shape index (κ2) is 8.26. The third-order valence-corrected chi connectivity index (χ3v) is 6.81. The van der Waals surface area contributed by atoms with Crippen LogP contribution in [-0.4, -0.2) is 45.0 Å². The van der Waals surface area contributed by atoms with Gasteiger partial charge >= 0.3 is 12.1 Å². The van der Waals surface area contributed by atoms with E-state index in [9.17, 15) is 19.5 Å². The van der Waals surface area contributed by atoms with Gasteiger partial charge in [0.2, 0.25) is 5.91 Å². The molecule has 2 amide bonds. The van der Waals surface area contributed by atoms with E-state index in [1.807, 2.05) is 24.3 Å². The van der Waals surface area contributed by atoms with Gasteiger partial charge in [0, 0.05) is 12.1 Å². The van der Waals surface area contributed by atoms with Crippen LogP contribution in [0.15, 0.2) is 60.9 Å². The second-order valence-electron chi connectivity index (χ2n) is 9.52. The highest BCUT2D eigenvalue weighted by molar-refractivity contribution is 5.92. The molecule has 180 valence electrons. The predicted molar refractivity (Wildman–Crippen MR) is 128 cm³/mol. The Morgan fingerprint density at radius 1 is 1.09 bits per heavy atom. The maximum atomic E-state index is 12.8. The number of fused-ring (bicyclic) bond motifs is 3. The number of carbonyl (C=O) groups is 3. The van der Waals surface area contributed by atoms with E-state index >= 15 is 0 Å². The summed E-state index contributed by atoms with van der Waals surface area (Å²) in [6.45, 7) is 3.44. The number of aromatic nitrogens is 2. The fourth-order valence-corrected chi connectivity index (χ4v) is 4.44. The highest BCUT2D eigenvalue weighted by Gasteiger charge is 2.53. The van der Waals surface area contributed by atoms with Crippen LogP contribution in [0, 0.1) is 0 Å². The minimum atomic E-state index is -1.19. The fourth-order valence-electron chi connectivity index (χ4n) is 4.44. The summed E-state index contributed by atoms with van der Waals surface area (Å²) in [5.41, 5.74) is 2.55. The summed E-state index contributed by atoms with van der Waals surface area (Å²) in [6.07, 6.45) is 3.11. The van der Waals surface area contributed by atoms with Crippen LogP contribution < -0.4 is 10.6 Å². The number of nitrogens with one attached hydrogen (secondary N) is 2. The minimum Gasteiger partial charge on any atom is -0.480 e. The molecule has 1 saturated carbocycles. The number of rotatable bonds is 7. The van der Waals surface area contributed by atoms with Crippen molar-refractivity contribution in [2.75, 3.05) is 11.9 Å². The van der Waals surface area contributed by atoms with Crippen molar-refractivity contribution >= 4 is 23.7 Å². The maximum absolute atomic E-state index is 12.8. The number of hydrogen-bond acceptors (Lipinski definition) is 5. The molecular weight excluding hydrogens is 448 g/mol. The van der Waals surface area contributed by atoms with Gasteiger partial charge in [-0.15, -0.1) is 0 Å². The van der Waals surface area contributed by atoms with E-state index in [-0.39, 0.29) is 12.5 Å². The summed E-state index contributed by atoms with van der Waals surface area (Å²) in [6, 6.07) is 16.2. The topological polar surface area (TPSA) is 123 Å². The number of carboxylic acids is 1. The number of benzene rings is 2. The van der Waals surface area contributed by atoms with Crippen LogP contribution in [-0.2, 0) is 19.9 Å². The molecule has 3 N–H and O–H groups in total. The number of hydrogen-bond donors (Lipinski definition) is 3.